The Kier molecular flexibility index (Phi) is 30.3. The van der Waals surface area contributed by atoms with Crippen molar-refractivity contribution in [3.05, 3.63) is 12.2 Å². The van der Waals surface area contributed by atoms with Crippen molar-refractivity contribution in [2.24, 2.45) is 0 Å². The van der Waals surface area contributed by atoms with Crippen LogP contribution in [0.25, 0.3) is 0 Å². The molecule has 326 valence electrons. The zero-order chi connectivity index (χ0) is 40.9. The summed E-state index contributed by atoms with van der Waals surface area (Å²) in [5.74, 6) is -0.595. The van der Waals surface area contributed by atoms with Gasteiger partial charge in [-0.1, -0.05) is 167 Å². The van der Waals surface area contributed by atoms with E-state index in [4.69, 9.17) is 9.05 Å². The molecule has 0 heterocycles. The summed E-state index contributed by atoms with van der Waals surface area (Å²) in [6.45, 7) is 3.65. The van der Waals surface area contributed by atoms with Crippen molar-refractivity contribution in [2.45, 2.75) is 236 Å². The smallest absolute Gasteiger partial charge is 0.393 e. The Morgan fingerprint density at radius 2 is 1.04 bits per heavy atom. The number of phosphoric acid groups is 1. The summed E-state index contributed by atoms with van der Waals surface area (Å²) in [4.78, 5) is 23.3. The molecule has 9 N–H and O–H groups in total. The molecule has 1 aliphatic carbocycles. The Bertz CT molecular complexity index is 1010. The minimum atomic E-state index is -5.12. The SMILES string of the molecule is CCCCCCC/C=C/C(O)C(COP(=O)(O)OC1C(O)C(O)C(O)C(O)C1O)NC(=O)CC(O)CCCCCCCCCCCCCCCCCCCC. The lowest BCUT2D eigenvalue weighted by atomic mass is 9.85. The molecule has 1 saturated carbocycles. The summed E-state index contributed by atoms with van der Waals surface area (Å²) >= 11 is 0. The van der Waals surface area contributed by atoms with E-state index in [1.807, 2.05) is 0 Å². The van der Waals surface area contributed by atoms with Crippen LogP contribution in [0, 0.1) is 0 Å². The van der Waals surface area contributed by atoms with Gasteiger partial charge in [-0.2, -0.15) is 0 Å². The number of aliphatic hydroxyl groups excluding tert-OH is 7. The molecular formula is C41H80NO12P. The summed E-state index contributed by atoms with van der Waals surface area (Å²) in [5.41, 5.74) is 0. The van der Waals surface area contributed by atoms with Crippen LogP contribution in [0.5, 0.6) is 0 Å². The third kappa shape index (κ3) is 24.5. The van der Waals surface area contributed by atoms with Crippen molar-refractivity contribution in [2.75, 3.05) is 6.61 Å². The Morgan fingerprint density at radius 3 is 1.49 bits per heavy atom. The third-order valence-corrected chi connectivity index (χ3v) is 11.6. The number of unbranched alkanes of at least 4 members (excludes halogenated alkanes) is 22. The van der Waals surface area contributed by atoms with Crippen molar-refractivity contribution in [3.8, 4) is 0 Å². The van der Waals surface area contributed by atoms with Crippen LogP contribution in [0.4, 0.5) is 0 Å². The third-order valence-electron chi connectivity index (χ3n) is 10.6. The fourth-order valence-corrected chi connectivity index (χ4v) is 7.97. The van der Waals surface area contributed by atoms with Gasteiger partial charge >= 0.3 is 7.82 Å². The number of carbonyl (C=O) groups is 1. The van der Waals surface area contributed by atoms with E-state index in [0.29, 0.717) is 12.8 Å². The van der Waals surface area contributed by atoms with Gasteiger partial charge in [-0.05, 0) is 19.3 Å². The zero-order valence-electron chi connectivity index (χ0n) is 34.1. The number of allylic oxidation sites excluding steroid dienone is 1. The van der Waals surface area contributed by atoms with Crippen LogP contribution in [0.15, 0.2) is 12.2 Å². The normalized spacial score (nSPS) is 24.5. The monoisotopic (exact) mass is 810 g/mol. The second-order valence-electron chi connectivity index (χ2n) is 15.7. The highest BCUT2D eigenvalue weighted by Crippen LogP contribution is 2.47. The molecule has 0 saturated heterocycles. The van der Waals surface area contributed by atoms with Gasteiger partial charge in [0.15, 0.2) is 0 Å². The van der Waals surface area contributed by atoms with Gasteiger partial charge in [0, 0.05) is 0 Å². The van der Waals surface area contributed by atoms with Crippen LogP contribution in [0.2, 0.25) is 0 Å². The minimum Gasteiger partial charge on any atom is -0.393 e. The maximum atomic E-state index is 12.9. The number of hydrogen-bond acceptors (Lipinski definition) is 11. The molecule has 1 aliphatic rings. The van der Waals surface area contributed by atoms with E-state index in [9.17, 15) is 50.0 Å². The average molecular weight is 810 g/mol. The number of hydrogen-bond donors (Lipinski definition) is 9. The molecule has 8 atom stereocenters. The van der Waals surface area contributed by atoms with Gasteiger partial charge in [0.05, 0.1) is 31.3 Å². The summed E-state index contributed by atoms with van der Waals surface area (Å²) < 4.78 is 22.7. The van der Waals surface area contributed by atoms with Crippen molar-refractivity contribution >= 4 is 13.7 Å². The van der Waals surface area contributed by atoms with Crippen LogP contribution in [-0.4, -0.2) is 108 Å². The van der Waals surface area contributed by atoms with E-state index in [1.165, 1.54) is 96.0 Å². The van der Waals surface area contributed by atoms with Gasteiger partial charge in [0.2, 0.25) is 5.91 Å². The number of phosphoric ester groups is 1. The fourth-order valence-electron chi connectivity index (χ4n) is 7.00. The van der Waals surface area contributed by atoms with E-state index in [1.54, 1.807) is 6.08 Å². The lowest BCUT2D eigenvalue weighted by Gasteiger charge is -2.41. The summed E-state index contributed by atoms with van der Waals surface area (Å²) in [5, 5.41) is 74.0. The molecule has 0 aromatic heterocycles. The van der Waals surface area contributed by atoms with Gasteiger partial charge in [-0.3, -0.25) is 13.8 Å². The van der Waals surface area contributed by atoms with E-state index in [-0.39, 0.29) is 6.42 Å². The number of carbonyl (C=O) groups excluding carboxylic acids is 1. The second-order valence-corrected chi connectivity index (χ2v) is 17.1. The average Bonchev–Trinajstić information content (AvgIpc) is 3.15. The van der Waals surface area contributed by atoms with Crippen LogP contribution in [0.1, 0.15) is 181 Å². The molecule has 0 aromatic rings. The maximum absolute atomic E-state index is 12.9. The molecule has 1 amide bonds. The predicted molar refractivity (Wildman–Crippen MR) is 215 cm³/mol. The van der Waals surface area contributed by atoms with Crippen LogP contribution in [0.3, 0.4) is 0 Å². The molecule has 1 fully saturated rings. The highest BCUT2D eigenvalue weighted by atomic mass is 31.2. The first-order valence-corrected chi connectivity index (χ1v) is 23.2. The fraction of sp³-hybridized carbons (Fsp3) is 0.927. The summed E-state index contributed by atoms with van der Waals surface area (Å²) in [6, 6.07) is -1.23. The van der Waals surface area contributed by atoms with E-state index in [2.05, 4.69) is 19.2 Å². The van der Waals surface area contributed by atoms with Gasteiger partial charge < -0.3 is 46.0 Å². The Balaban J connectivity index is 2.44. The first-order chi connectivity index (χ1) is 26.3. The lowest BCUT2D eigenvalue weighted by molar-refractivity contribution is -0.220. The van der Waals surface area contributed by atoms with Crippen LogP contribution >= 0.6 is 7.82 Å². The van der Waals surface area contributed by atoms with Gasteiger partial charge in [-0.15, -0.1) is 0 Å². The second kappa shape index (κ2) is 32.0. The Hall–Kier alpha value is -0.960. The van der Waals surface area contributed by atoms with Crippen LogP contribution in [-0.2, 0) is 18.4 Å². The molecule has 55 heavy (non-hydrogen) atoms. The van der Waals surface area contributed by atoms with Gasteiger partial charge in [0.25, 0.3) is 0 Å². The van der Waals surface area contributed by atoms with Crippen molar-refractivity contribution < 1.29 is 59.0 Å². The van der Waals surface area contributed by atoms with Gasteiger partial charge in [-0.25, -0.2) is 4.57 Å². The first kappa shape index (κ1) is 52.1. The van der Waals surface area contributed by atoms with E-state index < -0.39 is 75.2 Å². The molecule has 14 heteroatoms. The van der Waals surface area contributed by atoms with E-state index in [0.717, 1.165) is 57.8 Å². The molecule has 13 nitrogen and oxygen atoms in total. The van der Waals surface area contributed by atoms with Crippen LogP contribution < -0.4 is 5.32 Å². The van der Waals surface area contributed by atoms with E-state index >= 15 is 0 Å². The van der Waals surface area contributed by atoms with Gasteiger partial charge in [0.1, 0.15) is 36.6 Å². The highest BCUT2D eigenvalue weighted by molar-refractivity contribution is 7.47. The van der Waals surface area contributed by atoms with Crippen molar-refractivity contribution in [1.82, 2.24) is 5.32 Å². The molecule has 0 spiro atoms. The highest BCUT2D eigenvalue weighted by Gasteiger charge is 2.51. The maximum Gasteiger partial charge on any atom is 0.472 e. The largest absolute Gasteiger partial charge is 0.472 e. The Labute approximate surface area is 331 Å². The molecule has 0 radical (unpaired) electrons. The zero-order valence-corrected chi connectivity index (χ0v) is 35.0. The molecule has 0 aromatic carbocycles. The Morgan fingerprint density at radius 1 is 0.636 bits per heavy atom. The van der Waals surface area contributed by atoms with Crippen molar-refractivity contribution in [1.29, 1.82) is 0 Å². The summed E-state index contributed by atoms with van der Waals surface area (Å²) in [6.07, 6.45) is 17.8. The first-order valence-electron chi connectivity index (χ1n) is 21.7. The topological polar surface area (TPSA) is 226 Å². The number of nitrogens with one attached hydrogen (secondary N) is 1. The molecule has 0 bridgehead atoms. The number of rotatable bonds is 35. The number of amides is 1. The lowest BCUT2D eigenvalue weighted by Crippen LogP contribution is -2.64. The quantitative estimate of drug-likeness (QED) is 0.0197. The van der Waals surface area contributed by atoms with Crippen molar-refractivity contribution in [3.63, 3.8) is 0 Å². The molecule has 1 rings (SSSR count). The standard InChI is InChI=1S/C41H80NO12P/c1-3-5-7-9-11-12-13-14-15-16-17-18-19-20-21-23-24-26-28-32(43)30-35(45)42-33(34(44)29-27-25-22-10-8-6-4-2)31-53-55(51,52)54-41-39(49)37(47)36(46)38(48)40(41)50/h27,29,32-34,36-41,43-44,46-50H,3-26,28,30-31H2,1-2H3,(H,42,45)(H,51,52)/b29-27+. The molecule has 8 unspecified atom stereocenters. The summed E-state index contributed by atoms with van der Waals surface area (Å²) in [7, 11) is -5.12. The molecule has 0 aliphatic heterocycles. The molecular weight excluding hydrogens is 729 g/mol. The predicted octanol–water partition coefficient (Wildman–Crippen LogP) is 6.25. The number of aliphatic hydroxyl groups is 7. The minimum absolute atomic E-state index is 0.241.